The summed E-state index contributed by atoms with van der Waals surface area (Å²) in [5.74, 6) is 1.03. The Morgan fingerprint density at radius 3 is 2.47 bits per heavy atom. The van der Waals surface area contributed by atoms with Gasteiger partial charge in [-0.1, -0.05) is 31.9 Å². The van der Waals surface area contributed by atoms with Crippen molar-refractivity contribution in [1.82, 2.24) is 4.90 Å². The van der Waals surface area contributed by atoms with Gasteiger partial charge in [-0.2, -0.15) is 0 Å². The van der Waals surface area contributed by atoms with E-state index in [1.165, 1.54) is 44.3 Å². The number of benzene rings is 1. The van der Waals surface area contributed by atoms with Gasteiger partial charge in [0.2, 0.25) is 0 Å². The molecule has 0 spiro atoms. The highest BCUT2D eigenvalue weighted by Crippen LogP contribution is 2.32. The average Bonchev–Trinajstić information content (AvgIpc) is 3.13. The van der Waals surface area contributed by atoms with E-state index in [2.05, 4.69) is 24.0 Å². The van der Waals surface area contributed by atoms with E-state index in [9.17, 15) is 0 Å². The smallest absolute Gasteiger partial charge is 0.0314 e. The number of nitrogens with two attached hydrogens (primary N) is 1. The zero-order valence-electron chi connectivity index (χ0n) is 10.9. The van der Waals surface area contributed by atoms with Crippen LogP contribution in [0, 0.1) is 5.92 Å². The van der Waals surface area contributed by atoms with Crippen LogP contribution in [-0.2, 0) is 6.54 Å². The molecule has 0 aliphatic heterocycles. The molecule has 0 bridgehead atoms. The third-order valence-electron chi connectivity index (χ3n) is 3.48. The van der Waals surface area contributed by atoms with Gasteiger partial charge in [-0.25, -0.2) is 0 Å². The molecule has 1 aromatic rings. The van der Waals surface area contributed by atoms with Crippen LogP contribution < -0.4 is 5.73 Å². The molecule has 1 fully saturated rings. The first-order valence-electron chi connectivity index (χ1n) is 6.84. The van der Waals surface area contributed by atoms with E-state index in [0.29, 0.717) is 0 Å². The van der Waals surface area contributed by atoms with Crippen LogP contribution in [0.1, 0.15) is 38.2 Å². The lowest BCUT2D eigenvalue weighted by Gasteiger charge is -2.21. The van der Waals surface area contributed by atoms with Crippen molar-refractivity contribution in [3.8, 4) is 0 Å². The normalized spacial score (nSPS) is 15.4. The molecule has 1 aromatic carbocycles. The summed E-state index contributed by atoms with van der Waals surface area (Å²) >= 11 is 0. The lowest BCUT2D eigenvalue weighted by molar-refractivity contribution is 0.257. The largest absolute Gasteiger partial charge is 0.399 e. The van der Waals surface area contributed by atoms with Crippen molar-refractivity contribution in [1.29, 1.82) is 0 Å². The van der Waals surface area contributed by atoms with Crippen LogP contribution in [0.4, 0.5) is 5.69 Å². The Balaban J connectivity index is 1.84. The summed E-state index contributed by atoms with van der Waals surface area (Å²) in [7, 11) is 0. The fourth-order valence-corrected chi connectivity index (χ4v) is 2.24. The molecule has 0 atom stereocenters. The lowest BCUT2D eigenvalue weighted by atomic mass is 10.1. The van der Waals surface area contributed by atoms with Gasteiger partial charge in [0.05, 0.1) is 0 Å². The Hall–Kier alpha value is -1.02. The molecule has 1 aliphatic rings. The Bertz CT molecular complexity index is 327. The molecule has 0 heterocycles. The second-order valence-corrected chi connectivity index (χ2v) is 5.25. The van der Waals surface area contributed by atoms with Gasteiger partial charge in [0.15, 0.2) is 0 Å². The van der Waals surface area contributed by atoms with Gasteiger partial charge in [0.1, 0.15) is 0 Å². The van der Waals surface area contributed by atoms with E-state index in [1.807, 2.05) is 12.1 Å². The maximum Gasteiger partial charge on any atom is 0.0314 e. The summed E-state index contributed by atoms with van der Waals surface area (Å²) in [4.78, 5) is 2.57. The number of nitrogen functional groups attached to an aromatic ring is 1. The van der Waals surface area contributed by atoms with Gasteiger partial charge < -0.3 is 5.73 Å². The van der Waals surface area contributed by atoms with Crippen LogP contribution in [0.25, 0.3) is 0 Å². The highest BCUT2D eigenvalue weighted by Gasteiger charge is 2.21. The maximum absolute atomic E-state index is 5.71. The summed E-state index contributed by atoms with van der Waals surface area (Å²) in [5, 5.41) is 0. The predicted molar refractivity (Wildman–Crippen MR) is 73.8 cm³/mol. The van der Waals surface area contributed by atoms with Crippen LogP contribution in [0.15, 0.2) is 24.3 Å². The molecular formula is C15H24N2. The van der Waals surface area contributed by atoms with Gasteiger partial charge in [0.25, 0.3) is 0 Å². The van der Waals surface area contributed by atoms with Crippen molar-refractivity contribution in [2.45, 2.75) is 39.2 Å². The van der Waals surface area contributed by atoms with E-state index in [1.54, 1.807) is 0 Å². The summed E-state index contributed by atoms with van der Waals surface area (Å²) < 4.78 is 0. The lowest BCUT2D eigenvalue weighted by Crippen LogP contribution is -2.25. The number of hydrogen-bond acceptors (Lipinski definition) is 2. The van der Waals surface area contributed by atoms with Crippen LogP contribution in [-0.4, -0.2) is 18.0 Å². The molecular weight excluding hydrogens is 208 g/mol. The van der Waals surface area contributed by atoms with E-state index in [-0.39, 0.29) is 0 Å². The summed E-state index contributed by atoms with van der Waals surface area (Å²) in [6, 6.07) is 8.30. The fraction of sp³-hybridized carbons (Fsp3) is 0.600. The average molecular weight is 232 g/mol. The third-order valence-corrected chi connectivity index (χ3v) is 3.48. The van der Waals surface area contributed by atoms with Gasteiger partial charge >= 0.3 is 0 Å². The Morgan fingerprint density at radius 1 is 1.18 bits per heavy atom. The maximum atomic E-state index is 5.71. The fourth-order valence-electron chi connectivity index (χ4n) is 2.24. The molecule has 1 aliphatic carbocycles. The van der Waals surface area contributed by atoms with Gasteiger partial charge in [-0.05, 0) is 49.5 Å². The SMILES string of the molecule is CCCN(CCC1CC1)Cc1ccc(N)cc1. The predicted octanol–water partition coefficient (Wildman–Crippen LogP) is 3.28. The molecule has 94 valence electrons. The van der Waals surface area contributed by atoms with Crippen molar-refractivity contribution in [3.63, 3.8) is 0 Å². The summed E-state index contributed by atoms with van der Waals surface area (Å²) in [6.07, 6.45) is 5.54. The van der Waals surface area contributed by atoms with Crippen LogP contribution in [0.5, 0.6) is 0 Å². The summed E-state index contributed by atoms with van der Waals surface area (Å²) in [5.41, 5.74) is 7.94. The first-order valence-corrected chi connectivity index (χ1v) is 6.84. The van der Waals surface area contributed by atoms with Gasteiger partial charge in [-0.3, -0.25) is 4.90 Å². The molecule has 2 heteroatoms. The molecule has 0 aromatic heterocycles. The first-order chi connectivity index (χ1) is 8.28. The Labute approximate surface area is 105 Å². The highest BCUT2D eigenvalue weighted by atomic mass is 15.1. The van der Waals surface area contributed by atoms with E-state index in [4.69, 9.17) is 5.73 Å². The van der Waals surface area contributed by atoms with E-state index >= 15 is 0 Å². The summed E-state index contributed by atoms with van der Waals surface area (Å²) in [6.45, 7) is 5.79. The first kappa shape index (κ1) is 12.4. The molecule has 1 saturated carbocycles. The van der Waals surface area contributed by atoms with Crippen molar-refractivity contribution in [3.05, 3.63) is 29.8 Å². The Morgan fingerprint density at radius 2 is 1.88 bits per heavy atom. The van der Waals surface area contributed by atoms with Crippen molar-refractivity contribution >= 4 is 5.69 Å². The third kappa shape index (κ3) is 4.39. The zero-order chi connectivity index (χ0) is 12.1. The molecule has 0 radical (unpaired) electrons. The minimum atomic E-state index is 0.855. The van der Waals surface area contributed by atoms with Crippen LogP contribution in [0.3, 0.4) is 0 Å². The van der Waals surface area contributed by atoms with Crippen molar-refractivity contribution in [2.24, 2.45) is 5.92 Å². The number of anilines is 1. The monoisotopic (exact) mass is 232 g/mol. The standard InChI is InChI=1S/C15H24N2/c1-2-10-17(11-9-13-3-4-13)12-14-5-7-15(16)8-6-14/h5-8,13H,2-4,9-12,16H2,1H3. The highest BCUT2D eigenvalue weighted by molar-refractivity contribution is 5.39. The Kier molecular flexibility index (Phi) is 4.43. The molecule has 2 nitrogen and oxygen atoms in total. The van der Waals surface area contributed by atoms with Crippen LogP contribution >= 0.6 is 0 Å². The molecule has 0 saturated heterocycles. The van der Waals surface area contributed by atoms with Crippen LogP contribution in [0.2, 0.25) is 0 Å². The molecule has 2 rings (SSSR count). The second kappa shape index (κ2) is 6.06. The number of nitrogens with zero attached hydrogens (tertiary/aromatic N) is 1. The molecule has 0 unspecified atom stereocenters. The van der Waals surface area contributed by atoms with Crippen molar-refractivity contribution in [2.75, 3.05) is 18.8 Å². The number of rotatable bonds is 7. The van der Waals surface area contributed by atoms with Gasteiger partial charge in [-0.15, -0.1) is 0 Å². The minimum Gasteiger partial charge on any atom is -0.399 e. The molecule has 17 heavy (non-hydrogen) atoms. The number of hydrogen-bond donors (Lipinski definition) is 1. The topological polar surface area (TPSA) is 29.3 Å². The quantitative estimate of drug-likeness (QED) is 0.731. The molecule has 0 amide bonds. The van der Waals surface area contributed by atoms with E-state index < -0.39 is 0 Å². The molecule has 2 N–H and O–H groups in total. The minimum absolute atomic E-state index is 0.855. The van der Waals surface area contributed by atoms with Crippen molar-refractivity contribution < 1.29 is 0 Å². The second-order valence-electron chi connectivity index (χ2n) is 5.25. The zero-order valence-corrected chi connectivity index (χ0v) is 10.9. The van der Waals surface area contributed by atoms with E-state index in [0.717, 1.165) is 18.2 Å². The van der Waals surface area contributed by atoms with Gasteiger partial charge in [0, 0.05) is 12.2 Å².